The highest BCUT2D eigenvalue weighted by Gasteiger charge is 2.14. The molecule has 0 aliphatic rings. The second-order valence-electron chi connectivity index (χ2n) is 6.55. The van der Waals surface area contributed by atoms with Gasteiger partial charge in [0.1, 0.15) is 17.2 Å². The van der Waals surface area contributed by atoms with Gasteiger partial charge < -0.3 is 9.84 Å². The van der Waals surface area contributed by atoms with Crippen LogP contribution in [0.25, 0.3) is 28.3 Å². The monoisotopic (exact) mass is 467 g/mol. The number of carbonyl (C=O) groups excluding carboxylic acids is 1. The predicted molar refractivity (Wildman–Crippen MR) is 123 cm³/mol. The number of nitrogens with one attached hydrogen (secondary N) is 1. The van der Waals surface area contributed by atoms with Crippen LogP contribution in [0.3, 0.4) is 0 Å². The molecule has 1 amide bonds. The van der Waals surface area contributed by atoms with Crippen molar-refractivity contribution in [2.45, 2.75) is 0 Å². The lowest BCUT2D eigenvalue weighted by atomic mass is 10.0. The van der Waals surface area contributed by atoms with Crippen LogP contribution < -0.4 is 5.32 Å². The molecule has 0 aliphatic carbocycles. The molecule has 1 aromatic heterocycles. The van der Waals surface area contributed by atoms with Crippen LogP contribution in [0, 0.1) is 11.3 Å². The number of benzene rings is 3. The van der Waals surface area contributed by atoms with Gasteiger partial charge in [-0.25, -0.2) is 0 Å². The highest BCUT2D eigenvalue weighted by atomic mass is 35.5. The van der Waals surface area contributed by atoms with E-state index in [1.54, 1.807) is 42.5 Å². The van der Waals surface area contributed by atoms with Crippen LogP contribution in [0.4, 0.5) is 5.69 Å². The van der Waals surface area contributed by atoms with E-state index < -0.39 is 5.91 Å². The molecule has 0 radical (unpaired) electrons. The van der Waals surface area contributed by atoms with Crippen LogP contribution in [-0.2, 0) is 4.79 Å². The van der Waals surface area contributed by atoms with Crippen molar-refractivity contribution in [2.75, 3.05) is 5.32 Å². The van der Waals surface area contributed by atoms with E-state index in [4.69, 9.17) is 39.3 Å². The number of halogens is 3. The van der Waals surface area contributed by atoms with Crippen LogP contribution in [0.15, 0.2) is 70.8 Å². The van der Waals surface area contributed by atoms with E-state index in [1.807, 2.05) is 18.2 Å². The summed E-state index contributed by atoms with van der Waals surface area (Å²) < 4.78 is 5.49. The van der Waals surface area contributed by atoms with Crippen LogP contribution in [0.1, 0.15) is 5.56 Å². The number of fused-ring (bicyclic) bond motifs is 1. The Balaban J connectivity index is 1.65. The van der Waals surface area contributed by atoms with Gasteiger partial charge in [-0.2, -0.15) is 5.26 Å². The van der Waals surface area contributed by atoms with Crippen molar-refractivity contribution in [3.8, 4) is 17.4 Å². The zero-order valence-electron chi connectivity index (χ0n) is 15.7. The molecule has 8 heteroatoms. The van der Waals surface area contributed by atoms with Gasteiger partial charge in [-0.3, -0.25) is 4.79 Å². The van der Waals surface area contributed by atoms with Gasteiger partial charge in [0.2, 0.25) is 0 Å². The van der Waals surface area contributed by atoms with Gasteiger partial charge in [0.15, 0.2) is 5.76 Å². The summed E-state index contributed by atoms with van der Waals surface area (Å²) >= 11 is 17.8. The molecule has 0 unspecified atom stereocenters. The number of amides is 1. The summed E-state index contributed by atoms with van der Waals surface area (Å²) in [6, 6.07) is 19.1. The quantitative estimate of drug-likeness (QED) is 0.258. The maximum atomic E-state index is 12.6. The van der Waals surface area contributed by atoms with Gasteiger partial charge in [-0.05, 0) is 66.2 Å². The third-order valence-electron chi connectivity index (χ3n) is 4.46. The maximum absolute atomic E-state index is 12.6. The number of hydrogen-bond donors (Lipinski definition) is 1. The molecule has 4 rings (SSSR count). The minimum Gasteiger partial charge on any atom is -0.355 e. The first-order valence-electron chi connectivity index (χ1n) is 8.98. The topological polar surface area (TPSA) is 78.9 Å². The van der Waals surface area contributed by atoms with Gasteiger partial charge >= 0.3 is 0 Å². The fraction of sp³-hybridized carbons (Fsp3) is 0. The average Bonchev–Trinajstić information content (AvgIpc) is 3.18. The Morgan fingerprint density at radius 1 is 1.00 bits per heavy atom. The summed E-state index contributed by atoms with van der Waals surface area (Å²) in [5.74, 6) is 0.00455. The number of carbonyl (C=O) groups is 1. The number of rotatable bonds is 4. The largest absolute Gasteiger partial charge is 0.355 e. The molecule has 3 aromatic carbocycles. The third kappa shape index (κ3) is 4.57. The van der Waals surface area contributed by atoms with E-state index in [-0.39, 0.29) is 5.57 Å². The molecule has 4 aromatic rings. The smallest absolute Gasteiger partial charge is 0.266 e. The van der Waals surface area contributed by atoms with Crippen LogP contribution >= 0.6 is 34.8 Å². The zero-order chi connectivity index (χ0) is 22.0. The lowest BCUT2D eigenvalue weighted by Gasteiger charge is -2.06. The Morgan fingerprint density at radius 2 is 1.77 bits per heavy atom. The number of anilines is 1. The molecule has 0 bridgehead atoms. The summed E-state index contributed by atoms with van der Waals surface area (Å²) in [4.78, 5) is 12.6. The lowest BCUT2D eigenvalue weighted by Crippen LogP contribution is -2.13. The molecule has 0 saturated heterocycles. The summed E-state index contributed by atoms with van der Waals surface area (Å²) in [6.45, 7) is 0. The van der Waals surface area contributed by atoms with Crippen molar-refractivity contribution in [1.29, 1.82) is 5.26 Å². The molecule has 152 valence electrons. The average molecular weight is 469 g/mol. The van der Waals surface area contributed by atoms with Crippen LogP contribution in [-0.4, -0.2) is 11.1 Å². The minimum atomic E-state index is -0.566. The summed E-state index contributed by atoms with van der Waals surface area (Å²) in [5.41, 5.74) is 2.47. The Labute approximate surface area is 192 Å². The Morgan fingerprint density at radius 3 is 2.48 bits per heavy atom. The van der Waals surface area contributed by atoms with E-state index in [2.05, 4.69) is 10.5 Å². The van der Waals surface area contributed by atoms with Crippen LogP contribution in [0.2, 0.25) is 15.1 Å². The van der Waals surface area contributed by atoms with E-state index in [9.17, 15) is 10.1 Å². The molecule has 0 fully saturated rings. The fourth-order valence-corrected chi connectivity index (χ4v) is 3.37. The predicted octanol–water partition coefficient (Wildman–Crippen LogP) is 7.00. The maximum Gasteiger partial charge on any atom is 0.266 e. The number of aromatic nitrogens is 1. The fourth-order valence-electron chi connectivity index (χ4n) is 2.95. The highest BCUT2D eigenvalue weighted by molar-refractivity contribution is 6.42. The SMILES string of the molecule is N#C/C(=C\c1ccc2noc(-c3ccc(Cl)cc3)c2c1)C(=O)Nc1ccc(Cl)c(Cl)c1. The number of hydrogen-bond acceptors (Lipinski definition) is 4. The first-order chi connectivity index (χ1) is 14.9. The van der Waals surface area contributed by atoms with Gasteiger partial charge in [-0.1, -0.05) is 46.0 Å². The molecule has 0 atom stereocenters. The molecule has 1 heterocycles. The van der Waals surface area contributed by atoms with Crippen molar-refractivity contribution in [2.24, 2.45) is 0 Å². The van der Waals surface area contributed by atoms with Crippen molar-refractivity contribution < 1.29 is 9.32 Å². The molecule has 0 spiro atoms. The molecule has 31 heavy (non-hydrogen) atoms. The van der Waals surface area contributed by atoms with Gasteiger partial charge in [0.05, 0.1) is 15.4 Å². The number of nitrogens with zero attached hydrogens (tertiary/aromatic N) is 2. The lowest BCUT2D eigenvalue weighted by molar-refractivity contribution is -0.112. The second kappa shape index (κ2) is 8.83. The van der Waals surface area contributed by atoms with Crippen LogP contribution in [0.5, 0.6) is 0 Å². The van der Waals surface area contributed by atoms with Crippen molar-refractivity contribution in [3.63, 3.8) is 0 Å². The first-order valence-corrected chi connectivity index (χ1v) is 10.1. The van der Waals surface area contributed by atoms with E-state index >= 15 is 0 Å². The van der Waals surface area contributed by atoms with Gasteiger partial charge in [-0.15, -0.1) is 0 Å². The van der Waals surface area contributed by atoms with E-state index in [0.717, 1.165) is 10.9 Å². The normalized spacial score (nSPS) is 11.4. The summed E-state index contributed by atoms with van der Waals surface area (Å²) in [5, 5.41) is 18.2. The molecular weight excluding hydrogens is 457 g/mol. The van der Waals surface area contributed by atoms with Crippen molar-refractivity contribution in [1.82, 2.24) is 5.16 Å². The highest BCUT2D eigenvalue weighted by Crippen LogP contribution is 2.31. The summed E-state index contributed by atoms with van der Waals surface area (Å²) in [6.07, 6.45) is 1.49. The number of nitriles is 1. The van der Waals surface area contributed by atoms with Crippen molar-refractivity contribution in [3.05, 3.63) is 86.9 Å². The van der Waals surface area contributed by atoms with E-state index in [0.29, 0.717) is 37.6 Å². The van der Waals surface area contributed by atoms with Gasteiger partial charge in [0, 0.05) is 16.3 Å². The minimum absolute atomic E-state index is 0.0741. The van der Waals surface area contributed by atoms with Gasteiger partial charge in [0.25, 0.3) is 5.91 Å². The standard InChI is InChI=1S/C23H12Cl3N3O2/c24-16-4-2-14(3-5-16)22-18-10-13(1-8-21(18)29-31-22)9-15(12-27)23(30)28-17-6-7-19(25)20(26)11-17/h1-11H,(H,28,30)/b15-9+. The summed E-state index contributed by atoms with van der Waals surface area (Å²) in [7, 11) is 0. The third-order valence-corrected chi connectivity index (χ3v) is 5.45. The Kier molecular flexibility index (Phi) is 5.97. The molecule has 0 aliphatic heterocycles. The molecular formula is C23H12Cl3N3O2. The zero-order valence-corrected chi connectivity index (χ0v) is 18.0. The Hall–Kier alpha value is -3.30. The molecule has 1 N–H and O–H groups in total. The van der Waals surface area contributed by atoms with E-state index in [1.165, 1.54) is 12.1 Å². The molecule has 0 saturated carbocycles. The Bertz CT molecular complexity index is 1370. The first kappa shape index (κ1) is 21.0. The van der Waals surface area contributed by atoms with Crippen molar-refractivity contribution >= 4 is 63.4 Å². The molecule has 5 nitrogen and oxygen atoms in total. The second-order valence-corrected chi connectivity index (χ2v) is 7.80.